The number of primary amides is 1. The molecule has 13 nitrogen and oxygen atoms in total. The number of hydrogen-bond acceptors (Lipinski definition) is 11. The van der Waals surface area contributed by atoms with Crippen molar-refractivity contribution in [3.63, 3.8) is 0 Å². The van der Waals surface area contributed by atoms with E-state index in [1.807, 2.05) is 4.90 Å². The van der Waals surface area contributed by atoms with Crippen LogP contribution in [-0.2, 0) is 27.3 Å². The average Bonchev–Trinajstić information content (AvgIpc) is 2.86. The molecule has 0 bridgehead atoms. The third-order valence-corrected chi connectivity index (χ3v) is 8.20. The van der Waals surface area contributed by atoms with Gasteiger partial charge in [-0.05, 0) is 35.8 Å². The van der Waals surface area contributed by atoms with Gasteiger partial charge >= 0.3 is 0 Å². The third kappa shape index (κ3) is 4.62. The normalized spacial score (nSPS) is 25.9. The van der Waals surface area contributed by atoms with Gasteiger partial charge in [0, 0.05) is 57.0 Å². The molecule has 3 aliphatic carbocycles. The zero-order chi connectivity index (χ0) is 30.8. The highest BCUT2D eigenvalue weighted by molar-refractivity contribution is 6.24. The summed E-state index contributed by atoms with van der Waals surface area (Å²) in [6.45, 7) is 7.08. The van der Waals surface area contributed by atoms with Gasteiger partial charge in [0.05, 0.1) is 10.8 Å². The Labute approximate surface area is 237 Å². The zero-order valence-electron chi connectivity index (χ0n) is 24.0. The lowest BCUT2D eigenvalue weighted by molar-refractivity contribution is -0.154. The fourth-order valence-electron chi connectivity index (χ4n) is 6.34. The molecular weight excluding hydrogens is 534 g/mol. The van der Waals surface area contributed by atoms with Crippen LogP contribution in [0.4, 0.5) is 5.69 Å². The maximum absolute atomic E-state index is 14.0. The number of amides is 1. The van der Waals surface area contributed by atoms with Gasteiger partial charge in [-0.1, -0.05) is 20.8 Å². The second-order valence-electron chi connectivity index (χ2n) is 12.5. The number of nitrogens with two attached hydrogens (primary N) is 1. The number of phenolic OH excluding ortho intramolecular Hbond substituents is 1. The molecule has 0 aliphatic heterocycles. The van der Waals surface area contributed by atoms with Crippen LogP contribution < -0.4 is 16.0 Å². The molecule has 3 aliphatic rings. The number of nitrogens with zero attached hydrogens (tertiary/aromatic N) is 3. The van der Waals surface area contributed by atoms with Gasteiger partial charge in [-0.3, -0.25) is 19.4 Å². The fraction of sp³-hybridized carbons (Fsp3) is 0.536. The van der Waals surface area contributed by atoms with Crippen LogP contribution >= 0.6 is 0 Å². The molecule has 7 N–H and O–H groups in total. The maximum atomic E-state index is 14.0. The first-order valence-electron chi connectivity index (χ1n) is 13.3. The number of aromatic hydroxyl groups is 1. The number of carbonyl (C=O) groups excluding carboxylic acids is 3. The van der Waals surface area contributed by atoms with Crippen molar-refractivity contribution in [2.45, 2.75) is 51.8 Å². The predicted octanol–water partition coefficient (Wildman–Crippen LogP) is 1.22. The number of anilines is 1. The highest BCUT2D eigenvalue weighted by atomic mass is 16.3. The van der Waals surface area contributed by atoms with Crippen molar-refractivity contribution < 1.29 is 34.8 Å². The molecule has 0 spiro atoms. The van der Waals surface area contributed by atoms with Crippen molar-refractivity contribution in [3.8, 4) is 5.75 Å². The topological polar surface area (TPSA) is 206 Å². The molecule has 222 valence electrons. The fourth-order valence-corrected chi connectivity index (χ4v) is 6.34. The zero-order valence-corrected chi connectivity index (χ0v) is 24.0. The molecule has 13 heteroatoms. The van der Waals surface area contributed by atoms with Gasteiger partial charge in [-0.15, -0.1) is 4.91 Å². The minimum absolute atomic E-state index is 0.0270. The lowest BCUT2D eigenvalue weighted by atomic mass is 9.57. The Kier molecular flexibility index (Phi) is 7.42. The van der Waals surface area contributed by atoms with Gasteiger partial charge in [0.25, 0.3) is 5.91 Å². The summed E-state index contributed by atoms with van der Waals surface area (Å²) in [6.07, 6.45) is -0.00786. The second kappa shape index (κ2) is 10.1. The monoisotopic (exact) mass is 571 g/mol. The van der Waals surface area contributed by atoms with E-state index in [-0.39, 0.29) is 41.7 Å². The first kappa shape index (κ1) is 30.0. The van der Waals surface area contributed by atoms with E-state index in [4.69, 9.17) is 5.73 Å². The van der Waals surface area contributed by atoms with E-state index in [1.165, 1.54) is 0 Å². The van der Waals surface area contributed by atoms with E-state index in [1.54, 1.807) is 20.2 Å². The summed E-state index contributed by atoms with van der Waals surface area (Å²) in [6, 6.07) is 0.219. The van der Waals surface area contributed by atoms with Crippen molar-refractivity contribution in [1.82, 2.24) is 10.3 Å². The summed E-state index contributed by atoms with van der Waals surface area (Å²) in [4.78, 5) is 52.6. The molecule has 0 aromatic heterocycles. The maximum Gasteiger partial charge on any atom is 0.255 e. The molecule has 1 aromatic carbocycles. The first-order valence-corrected chi connectivity index (χ1v) is 13.3. The van der Waals surface area contributed by atoms with Crippen molar-refractivity contribution in [3.05, 3.63) is 44.6 Å². The number of nitrogens with one attached hydrogen (secondary N) is 1. The molecule has 1 amide bonds. The number of Topliss-reactive ketones (excluding diaryl/α,β-unsaturated/α-hetero) is 2. The molecule has 1 saturated carbocycles. The molecule has 4 atom stereocenters. The number of aliphatic hydroxyl groups excluding tert-OH is 2. The van der Waals surface area contributed by atoms with Crippen LogP contribution in [0, 0.1) is 22.2 Å². The summed E-state index contributed by atoms with van der Waals surface area (Å²) < 4.78 is 0. The van der Waals surface area contributed by atoms with Crippen molar-refractivity contribution >= 4 is 28.9 Å². The van der Waals surface area contributed by atoms with E-state index in [9.17, 15) is 39.7 Å². The Bertz CT molecular complexity index is 1410. The summed E-state index contributed by atoms with van der Waals surface area (Å²) in [5.41, 5.74) is 2.89. The van der Waals surface area contributed by atoms with E-state index in [0.29, 0.717) is 28.4 Å². The summed E-state index contributed by atoms with van der Waals surface area (Å²) in [5.74, 6) is -7.81. The molecular formula is C28H37N5O8. The smallest absolute Gasteiger partial charge is 0.255 e. The minimum atomic E-state index is -2.86. The third-order valence-electron chi connectivity index (χ3n) is 8.20. The van der Waals surface area contributed by atoms with E-state index < -0.39 is 58.0 Å². The Morgan fingerprint density at radius 2 is 1.83 bits per heavy atom. The number of hydrogen-bond donors (Lipinski definition) is 6. The standard InChI is InChI=1S/C28H37N5O8/c1-27(2,3)11-30-10-13-9-16(32(4)5)14-7-12-8-15-20(33(6)31-41)23(36)19(26(29)39)25(38)28(15,40)24(37)17(12)22(35)18(14)21(13)34/h9,12,15,20,30,34-35,38,40H,7-8,10-11H2,1-6H3,(H2,29,39)/t12?,15?,20-,28-/m0/s1. The van der Waals surface area contributed by atoms with Crippen LogP contribution in [0.25, 0.3) is 5.76 Å². The Morgan fingerprint density at radius 1 is 1.20 bits per heavy atom. The molecule has 2 unspecified atom stereocenters. The van der Waals surface area contributed by atoms with E-state index >= 15 is 0 Å². The van der Waals surface area contributed by atoms with Crippen LogP contribution in [0.2, 0.25) is 0 Å². The molecule has 0 saturated heterocycles. The lowest BCUT2D eigenvalue weighted by Gasteiger charge is -2.49. The minimum Gasteiger partial charge on any atom is -0.508 e. The summed E-state index contributed by atoms with van der Waals surface area (Å²) in [5, 5.41) is 52.3. The van der Waals surface area contributed by atoms with E-state index in [2.05, 4.69) is 31.4 Å². The highest BCUT2D eigenvalue weighted by Gasteiger charge is 2.64. The van der Waals surface area contributed by atoms with Crippen molar-refractivity contribution in [1.29, 1.82) is 0 Å². The molecule has 4 rings (SSSR count). The number of rotatable bonds is 7. The van der Waals surface area contributed by atoms with Gasteiger partial charge in [-0.2, -0.15) is 0 Å². The van der Waals surface area contributed by atoms with E-state index in [0.717, 1.165) is 7.05 Å². The number of ketones is 2. The number of nitroso groups, excluding NO2 is 1. The Balaban J connectivity index is 1.92. The number of fused-ring (bicyclic) bond motifs is 3. The average molecular weight is 572 g/mol. The van der Waals surface area contributed by atoms with Crippen LogP contribution in [0.5, 0.6) is 5.75 Å². The van der Waals surface area contributed by atoms with Gasteiger partial charge in [0.1, 0.15) is 28.9 Å². The Hall–Kier alpha value is -3.97. The molecule has 41 heavy (non-hydrogen) atoms. The number of carbonyl (C=O) groups is 3. The van der Waals surface area contributed by atoms with Gasteiger partial charge in [0.2, 0.25) is 5.78 Å². The lowest BCUT2D eigenvalue weighted by Crippen LogP contribution is -2.65. The second-order valence-corrected chi connectivity index (χ2v) is 12.5. The number of likely N-dealkylation sites (N-methyl/N-ethyl adjacent to an activating group) is 1. The molecule has 0 radical (unpaired) electrons. The number of aliphatic hydroxyl groups is 3. The van der Waals surface area contributed by atoms with Crippen LogP contribution in [0.15, 0.2) is 28.3 Å². The number of phenols is 1. The van der Waals surface area contributed by atoms with Gasteiger partial charge in [0.15, 0.2) is 11.4 Å². The Morgan fingerprint density at radius 3 is 2.37 bits per heavy atom. The SMILES string of the molecule is CN(C)c1cc(CNCC(C)(C)C)c(O)c2c1CC1CC3[C@H](N(C)N=O)C(=O)C(C(N)=O)=C(O)[C@@]3(O)C(=O)C1=C2O. The van der Waals surface area contributed by atoms with Crippen molar-refractivity contribution in [2.24, 2.45) is 28.3 Å². The molecule has 1 fully saturated rings. The van der Waals surface area contributed by atoms with Crippen LogP contribution in [-0.4, -0.2) is 82.2 Å². The van der Waals surface area contributed by atoms with Gasteiger partial charge in [-0.25, -0.2) is 0 Å². The summed E-state index contributed by atoms with van der Waals surface area (Å²) >= 11 is 0. The van der Waals surface area contributed by atoms with Crippen LogP contribution in [0.3, 0.4) is 0 Å². The summed E-state index contributed by atoms with van der Waals surface area (Å²) in [7, 11) is 4.75. The highest BCUT2D eigenvalue weighted by Crippen LogP contribution is 2.54. The quantitative estimate of drug-likeness (QED) is 0.156. The van der Waals surface area contributed by atoms with Crippen LogP contribution in [0.1, 0.15) is 43.9 Å². The largest absolute Gasteiger partial charge is 0.508 e. The molecule has 1 aromatic rings. The number of benzene rings is 1. The molecule has 0 heterocycles. The predicted molar refractivity (Wildman–Crippen MR) is 150 cm³/mol. The first-order chi connectivity index (χ1) is 19.0. The van der Waals surface area contributed by atoms with Gasteiger partial charge < -0.3 is 36.4 Å². The van der Waals surface area contributed by atoms with Crippen molar-refractivity contribution in [2.75, 3.05) is 32.6 Å².